The van der Waals surface area contributed by atoms with E-state index >= 15 is 0 Å². The summed E-state index contributed by atoms with van der Waals surface area (Å²) in [6, 6.07) is 9.70. The molecule has 0 bridgehead atoms. The van der Waals surface area contributed by atoms with Gasteiger partial charge >= 0.3 is 39.6 Å². The fourth-order valence-electron chi connectivity index (χ4n) is 3.95. The van der Waals surface area contributed by atoms with Crippen LogP contribution in [0.4, 0.5) is 0 Å². The Balaban J connectivity index is 0.00000190. The van der Waals surface area contributed by atoms with Gasteiger partial charge in [-0.3, -0.25) is 4.79 Å². The van der Waals surface area contributed by atoms with Gasteiger partial charge in [0, 0.05) is 12.2 Å². The summed E-state index contributed by atoms with van der Waals surface area (Å²) in [6.45, 7) is 4.48. The van der Waals surface area contributed by atoms with Crippen LogP contribution in [0.25, 0.3) is 0 Å². The van der Waals surface area contributed by atoms with Gasteiger partial charge in [0.15, 0.2) is 5.78 Å². The molecule has 0 heterocycles. The molecule has 0 atom stereocenters. The third kappa shape index (κ3) is 9.47. The van der Waals surface area contributed by atoms with E-state index in [2.05, 4.69) is 8.57 Å². The molecule has 0 unspecified atom stereocenters. The van der Waals surface area contributed by atoms with Crippen molar-refractivity contribution < 1.29 is 47.1 Å². The molecule has 155 valence electrons. The Morgan fingerprint density at radius 1 is 0.964 bits per heavy atom. The van der Waals surface area contributed by atoms with Crippen molar-refractivity contribution in [1.29, 1.82) is 0 Å². The first kappa shape index (κ1) is 25.7. The number of hydrogen-bond donors (Lipinski definition) is 0. The summed E-state index contributed by atoms with van der Waals surface area (Å²) >= 11 is 1.08. The molecule has 0 aromatic heterocycles. The summed E-state index contributed by atoms with van der Waals surface area (Å²) in [5.41, 5.74) is 0.235. The van der Waals surface area contributed by atoms with Gasteiger partial charge in [-0.1, -0.05) is 87.8 Å². The van der Waals surface area contributed by atoms with Crippen LogP contribution in [-0.4, -0.2) is 18.0 Å². The molecule has 28 heavy (non-hydrogen) atoms. The summed E-state index contributed by atoms with van der Waals surface area (Å²) in [5, 5.41) is 0. The van der Waals surface area contributed by atoms with Crippen LogP contribution in [0.15, 0.2) is 43.0 Å². The average molecular weight is 520 g/mol. The van der Waals surface area contributed by atoms with E-state index in [1.807, 2.05) is 36.4 Å². The van der Waals surface area contributed by atoms with Crippen LogP contribution in [0.3, 0.4) is 0 Å². The van der Waals surface area contributed by atoms with Gasteiger partial charge in [-0.25, -0.2) is 0 Å². The van der Waals surface area contributed by atoms with Crippen LogP contribution in [0, 0.1) is 39.6 Å². The molecule has 1 aromatic carbocycles. The maximum atomic E-state index is 13.1. The number of carbonyl (C=O) groups is 1. The van der Waals surface area contributed by atoms with Crippen LogP contribution in [0.5, 0.6) is 0 Å². The van der Waals surface area contributed by atoms with Gasteiger partial charge < -0.3 is 4.74 Å². The van der Waals surface area contributed by atoms with E-state index < -0.39 is 5.60 Å². The molecule has 1 aliphatic rings. The van der Waals surface area contributed by atoms with Crippen molar-refractivity contribution in [1.82, 2.24) is 0 Å². The quantitative estimate of drug-likeness (QED) is 0.159. The average Bonchev–Trinajstić information content (AvgIpc) is 2.77. The fraction of sp³-hybridized carbons (Fsp3) is 0.600. The summed E-state index contributed by atoms with van der Waals surface area (Å²) in [4.78, 5) is 13.1. The van der Waals surface area contributed by atoms with E-state index in [1.165, 1.54) is 44.9 Å². The van der Waals surface area contributed by atoms with E-state index in [-0.39, 0.29) is 5.78 Å². The van der Waals surface area contributed by atoms with Crippen molar-refractivity contribution in [2.45, 2.75) is 89.1 Å². The Kier molecular flexibility index (Phi) is 15.2. The molecule has 3 heteroatoms. The number of carbonyl (C=O) groups excluding carboxylic acids is 1. The molecule has 0 N–H and O–H groups in total. The SMILES string of the molecule is C=CCCCCCCCCCOC1(C(=O)c2ccccc2)CCCCC1.[CH]#[Sm]. The van der Waals surface area contributed by atoms with Gasteiger partial charge in [-0.05, 0) is 32.1 Å². The zero-order valence-electron chi connectivity index (χ0n) is 17.4. The van der Waals surface area contributed by atoms with Gasteiger partial charge in [0.05, 0.1) is 0 Å². The minimum absolute atomic E-state index is 0.194. The monoisotopic (exact) mass is 521 g/mol. The Morgan fingerprint density at radius 2 is 1.54 bits per heavy atom. The third-order valence-corrected chi connectivity index (χ3v) is 5.54. The van der Waals surface area contributed by atoms with Crippen molar-refractivity contribution in [3.8, 4) is 1.99 Å². The Hall–Kier alpha value is -0.292. The number of unbranched alkanes of at least 4 members (excludes halogenated alkanes) is 7. The number of ketones is 1. The van der Waals surface area contributed by atoms with Crippen molar-refractivity contribution in [3.63, 3.8) is 0 Å². The number of hydrogen-bond acceptors (Lipinski definition) is 2. The van der Waals surface area contributed by atoms with E-state index in [1.54, 1.807) is 0 Å². The first-order valence-corrected chi connectivity index (χ1v) is 12.4. The minimum atomic E-state index is -0.565. The molecule has 1 saturated carbocycles. The second kappa shape index (κ2) is 16.5. The third-order valence-electron chi connectivity index (χ3n) is 5.54. The van der Waals surface area contributed by atoms with E-state index in [0.29, 0.717) is 0 Å². The topological polar surface area (TPSA) is 26.3 Å². The van der Waals surface area contributed by atoms with Crippen LogP contribution in [0.1, 0.15) is 93.8 Å². The maximum absolute atomic E-state index is 13.1. The standard InChI is InChI=1S/C24H36O2.CH.Sm/c1-2-3-4-5-6-7-8-9-16-21-26-24(19-14-11-15-20-24)23(25)22-17-12-10-13-18-22;;/h2,10,12-13,17-18H,1,3-9,11,14-16,19-21H2;1H;. The van der Waals surface area contributed by atoms with Crippen LogP contribution in [-0.2, 0) is 4.74 Å². The summed E-state index contributed by atoms with van der Waals surface area (Å²) in [6.07, 6.45) is 17.1. The zero-order valence-corrected chi connectivity index (χ0v) is 20.0. The van der Waals surface area contributed by atoms with Crippen molar-refractivity contribution >= 4 is 5.78 Å². The molecule has 0 radical (unpaired) electrons. The van der Waals surface area contributed by atoms with Gasteiger partial charge in [0.25, 0.3) is 0 Å². The van der Waals surface area contributed by atoms with Crippen molar-refractivity contribution in [2.24, 2.45) is 0 Å². The molecule has 1 aromatic rings. The number of ether oxygens (including phenoxy) is 1. The Bertz CT molecular complexity index is 558. The second-order valence-electron chi connectivity index (χ2n) is 7.65. The fourth-order valence-corrected chi connectivity index (χ4v) is 3.95. The number of benzene rings is 1. The van der Waals surface area contributed by atoms with Crippen LogP contribution < -0.4 is 0 Å². The van der Waals surface area contributed by atoms with Gasteiger partial charge in [0.2, 0.25) is 0 Å². The van der Waals surface area contributed by atoms with Gasteiger partial charge in [0.1, 0.15) is 5.60 Å². The molecular weight excluding hydrogens is 483 g/mol. The predicted molar refractivity (Wildman–Crippen MR) is 115 cm³/mol. The Labute approximate surface area is 197 Å². The first-order chi connectivity index (χ1) is 13.8. The number of allylic oxidation sites excluding steroid dienone is 1. The molecule has 0 spiro atoms. The van der Waals surface area contributed by atoms with E-state index in [4.69, 9.17) is 4.74 Å². The molecule has 1 aliphatic carbocycles. The normalized spacial score (nSPS) is 15.2. The molecule has 2 nitrogen and oxygen atoms in total. The molecule has 2 rings (SSSR count). The molecular formula is C25H37O2Sm. The predicted octanol–water partition coefficient (Wildman–Crippen LogP) is 7.02. The molecule has 0 saturated heterocycles. The van der Waals surface area contributed by atoms with E-state index in [9.17, 15) is 4.79 Å². The molecule has 1 fully saturated rings. The van der Waals surface area contributed by atoms with Crippen molar-refractivity contribution in [3.05, 3.63) is 48.6 Å². The number of Topliss-reactive ketones (excluding diaryl/α,β-unsaturated/α-hetero) is 1. The van der Waals surface area contributed by atoms with Gasteiger partial charge in [-0.2, -0.15) is 0 Å². The zero-order chi connectivity index (χ0) is 20.5. The summed E-state index contributed by atoms with van der Waals surface area (Å²) in [7, 11) is 0. The van der Waals surface area contributed by atoms with Crippen LogP contribution in [0.2, 0.25) is 0 Å². The molecule has 0 amide bonds. The van der Waals surface area contributed by atoms with Crippen LogP contribution >= 0.6 is 0 Å². The molecule has 0 aliphatic heterocycles. The number of rotatable bonds is 13. The first-order valence-electron chi connectivity index (χ1n) is 10.9. The van der Waals surface area contributed by atoms with Crippen molar-refractivity contribution in [2.75, 3.05) is 6.61 Å². The Morgan fingerprint density at radius 3 is 2.14 bits per heavy atom. The van der Waals surface area contributed by atoms with E-state index in [0.717, 1.165) is 88.3 Å². The summed E-state index contributed by atoms with van der Waals surface area (Å²) < 4.78 is 10.9. The van der Waals surface area contributed by atoms with Gasteiger partial charge in [-0.15, -0.1) is 6.58 Å². The summed E-state index contributed by atoms with van der Waals surface area (Å²) in [5.74, 6) is 0.194. The second-order valence-corrected chi connectivity index (χ2v) is 7.65.